The highest BCUT2D eigenvalue weighted by molar-refractivity contribution is 8.03. The Morgan fingerprint density at radius 2 is 2.24 bits per heavy atom. The lowest BCUT2D eigenvalue weighted by molar-refractivity contribution is -0.141. The first-order valence-corrected chi connectivity index (χ1v) is 9.00. The van der Waals surface area contributed by atoms with Crippen LogP contribution in [0.1, 0.15) is 5.69 Å². The number of aromatic nitrogens is 2. The van der Waals surface area contributed by atoms with E-state index in [4.69, 9.17) is 5.11 Å². The fraction of sp³-hybridized carbons (Fsp3) is 0.0625. The third-order valence-corrected chi connectivity index (χ3v) is 6.23. The summed E-state index contributed by atoms with van der Waals surface area (Å²) in [4.78, 5) is 29.8. The lowest BCUT2D eigenvalue weighted by Gasteiger charge is -2.36. The molecule has 1 saturated heterocycles. The van der Waals surface area contributed by atoms with Crippen molar-refractivity contribution in [2.45, 2.75) is 5.37 Å². The van der Waals surface area contributed by atoms with Crippen molar-refractivity contribution >= 4 is 56.2 Å². The molecule has 0 aliphatic carbocycles. The number of nitrogens with zero attached hydrogens (tertiary/aromatic N) is 3. The van der Waals surface area contributed by atoms with Gasteiger partial charge in [0.05, 0.1) is 21.5 Å². The number of carbonyl (C=O) groups excluding carboxylic acids is 1. The normalized spacial score (nSPS) is 21.1. The molecule has 0 radical (unpaired) electrons. The summed E-state index contributed by atoms with van der Waals surface area (Å²) in [5, 5.41) is 10.3. The number of aliphatic carboxylic acids is 1. The van der Waals surface area contributed by atoms with Gasteiger partial charge in [-0.3, -0.25) is 14.1 Å². The molecular weight excluding hydrogens is 365 g/mol. The summed E-state index contributed by atoms with van der Waals surface area (Å²) < 4.78 is 16.0. The number of halogens is 1. The van der Waals surface area contributed by atoms with Crippen LogP contribution in [0.15, 0.2) is 41.1 Å². The second-order valence-corrected chi connectivity index (χ2v) is 7.57. The molecule has 9 heteroatoms. The lowest BCUT2D eigenvalue weighted by Crippen LogP contribution is -2.51. The van der Waals surface area contributed by atoms with Gasteiger partial charge in [0, 0.05) is 11.6 Å². The Morgan fingerprint density at radius 1 is 1.40 bits per heavy atom. The second-order valence-electron chi connectivity index (χ2n) is 5.60. The number of rotatable bonds is 2. The maximum absolute atomic E-state index is 13.3. The van der Waals surface area contributed by atoms with E-state index in [9.17, 15) is 14.0 Å². The average Bonchev–Trinajstić information content (AvgIpc) is 3.22. The number of thioether (sulfide) groups is 1. The number of β-lactam (4-membered cyclic amide) rings is 1. The summed E-state index contributed by atoms with van der Waals surface area (Å²) in [5.41, 5.74) is 2.00. The minimum Gasteiger partial charge on any atom is -0.477 e. The summed E-state index contributed by atoms with van der Waals surface area (Å²) in [6, 6.07) is 4.56. The van der Waals surface area contributed by atoms with Crippen LogP contribution in [0, 0.1) is 5.82 Å². The van der Waals surface area contributed by atoms with E-state index < -0.39 is 5.97 Å². The molecular formula is C16H8FN3O3S2. The van der Waals surface area contributed by atoms with Crippen molar-refractivity contribution in [2.24, 2.45) is 0 Å². The van der Waals surface area contributed by atoms with Gasteiger partial charge in [-0.2, -0.15) is 0 Å². The Bertz CT molecular complexity index is 1160. The third-order valence-electron chi connectivity index (χ3n) is 4.13. The quantitative estimate of drug-likeness (QED) is 0.552. The van der Waals surface area contributed by atoms with Crippen molar-refractivity contribution in [3.63, 3.8) is 0 Å². The van der Waals surface area contributed by atoms with E-state index in [0.29, 0.717) is 16.2 Å². The third kappa shape index (κ3) is 1.99. The van der Waals surface area contributed by atoms with Crippen molar-refractivity contribution in [3.05, 3.63) is 52.6 Å². The van der Waals surface area contributed by atoms with Gasteiger partial charge in [0.1, 0.15) is 16.9 Å². The van der Waals surface area contributed by atoms with E-state index in [1.54, 1.807) is 18.3 Å². The number of imidazole rings is 1. The van der Waals surface area contributed by atoms with Crippen LogP contribution in [0.5, 0.6) is 0 Å². The fourth-order valence-corrected chi connectivity index (χ4v) is 5.15. The second kappa shape index (κ2) is 4.93. The van der Waals surface area contributed by atoms with Crippen molar-refractivity contribution in [1.82, 2.24) is 14.3 Å². The molecule has 1 aromatic carbocycles. The molecule has 2 aromatic heterocycles. The zero-order valence-electron chi connectivity index (χ0n) is 12.3. The van der Waals surface area contributed by atoms with Crippen LogP contribution in [0.3, 0.4) is 0 Å². The first-order chi connectivity index (χ1) is 12.0. The van der Waals surface area contributed by atoms with Gasteiger partial charge in [-0.25, -0.2) is 14.2 Å². The minimum atomic E-state index is -1.11. The molecule has 0 spiro atoms. The monoisotopic (exact) mass is 373 g/mol. The Morgan fingerprint density at radius 3 is 3.04 bits per heavy atom. The molecule has 1 atom stereocenters. The van der Waals surface area contributed by atoms with Crippen LogP contribution in [0.25, 0.3) is 21.3 Å². The van der Waals surface area contributed by atoms with Crippen molar-refractivity contribution in [3.8, 4) is 0 Å². The van der Waals surface area contributed by atoms with Crippen LogP contribution in [0.2, 0.25) is 0 Å². The minimum absolute atomic E-state index is 0.0102. The number of hydrogen-bond acceptors (Lipinski definition) is 5. The zero-order chi connectivity index (χ0) is 17.3. The van der Waals surface area contributed by atoms with Gasteiger partial charge in [-0.15, -0.1) is 11.8 Å². The van der Waals surface area contributed by atoms with Crippen LogP contribution in [-0.4, -0.2) is 36.6 Å². The molecule has 2 aliphatic heterocycles. The van der Waals surface area contributed by atoms with Crippen molar-refractivity contribution < 1.29 is 19.1 Å². The lowest BCUT2D eigenvalue weighted by atomic mass is 10.0. The predicted molar refractivity (Wildman–Crippen MR) is 92.5 cm³/mol. The molecule has 25 heavy (non-hydrogen) atoms. The van der Waals surface area contributed by atoms with E-state index in [0.717, 1.165) is 10.2 Å². The standard InChI is InChI=1S/C16H8FN3O3S2/c17-7-1-2-10-12(3-7)25-16-18-8(5-19(10)16)4-9-13(21)20-11(15(22)23)6-24-14(9)20/h1-6,14H,(H,22,23)/t14-/m1/s1. The predicted octanol–water partition coefficient (Wildman–Crippen LogP) is 2.91. The maximum atomic E-state index is 13.3. The highest BCUT2D eigenvalue weighted by atomic mass is 32.2. The number of carboxylic acid groups (broad SMARTS) is 1. The summed E-state index contributed by atoms with van der Waals surface area (Å²) in [7, 11) is 0. The van der Waals surface area contributed by atoms with Crippen LogP contribution in [-0.2, 0) is 9.59 Å². The van der Waals surface area contributed by atoms with Gasteiger partial charge < -0.3 is 5.11 Å². The van der Waals surface area contributed by atoms with E-state index in [2.05, 4.69) is 4.98 Å². The first kappa shape index (κ1) is 14.7. The molecule has 3 aromatic rings. The molecule has 0 unspecified atom stereocenters. The number of carbonyl (C=O) groups is 2. The molecule has 1 amide bonds. The van der Waals surface area contributed by atoms with Gasteiger partial charge in [-0.05, 0) is 24.3 Å². The molecule has 6 nitrogen and oxygen atoms in total. The molecule has 0 bridgehead atoms. The molecule has 1 fully saturated rings. The Labute approximate surface area is 147 Å². The summed E-state index contributed by atoms with van der Waals surface area (Å²) >= 11 is 2.66. The van der Waals surface area contributed by atoms with Gasteiger partial charge in [0.25, 0.3) is 5.91 Å². The summed E-state index contributed by atoms with van der Waals surface area (Å²) in [6.07, 6.45) is 3.48. The molecule has 124 valence electrons. The van der Waals surface area contributed by atoms with Crippen molar-refractivity contribution in [1.29, 1.82) is 0 Å². The molecule has 2 aliphatic rings. The molecule has 4 heterocycles. The van der Waals surface area contributed by atoms with E-state index in [-0.39, 0.29) is 22.8 Å². The average molecular weight is 373 g/mol. The van der Waals surface area contributed by atoms with Crippen LogP contribution >= 0.6 is 23.1 Å². The number of thiazole rings is 1. The first-order valence-electron chi connectivity index (χ1n) is 7.24. The van der Waals surface area contributed by atoms with Crippen LogP contribution in [0.4, 0.5) is 4.39 Å². The SMILES string of the molecule is O=C(O)C1=CS[C@@H]2C(=Cc3cn4c(n3)sc3cc(F)ccc34)C(=O)N12. The highest BCUT2D eigenvalue weighted by Crippen LogP contribution is 2.45. The molecule has 5 rings (SSSR count). The largest absolute Gasteiger partial charge is 0.477 e. The topological polar surface area (TPSA) is 74.9 Å². The van der Waals surface area contributed by atoms with E-state index >= 15 is 0 Å². The Kier molecular flexibility index (Phi) is 2.89. The number of fused-ring (bicyclic) bond motifs is 4. The van der Waals surface area contributed by atoms with Crippen LogP contribution < -0.4 is 0 Å². The van der Waals surface area contributed by atoms with Gasteiger partial charge in [0.15, 0.2) is 4.96 Å². The van der Waals surface area contributed by atoms with Gasteiger partial charge in [-0.1, -0.05) is 11.3 Å². The number of amides is 1. The molecule has 1 N–H and O–H groups in total. The molecule has 0 saturated carbocycles. The highest BCUT2D eigenvalue weighted by Gasteiger charge is 2.49. The zero-order valence-corrected chi connectivity index (χ0v) is 14.0. The number of carboxylic acids is 1. The van der Waals surface area contributed by atoms with Gasteiger partial charge >= 0.3 is 5.97 Å². The van der Waals surface area contributed by atoms with Gasteiger partial charge in [0.2, 0.25) is 0 Å². The Hall–Kier alpha value is -2.65. The smallest absolute Gasteiger partial charge is 0.353 e. The number of hydrogen-bond donors (Lipinski definition) is 1. The van der Waals surface area contributed by atoms with Crippen molar-refractivity contribution in [2.75, 3.05) is 0 Å². The van der Waals surface area contributed by atoms with E-state index in [1.165, 1.54) is 45.5 Å². The maximum Gasteiger partial charge on any atom is 0.353 e. The fourth-order valence-electron chi connectivity index (χ4n) is 2.99. The Balaban J connectivity index is 1.52. The summed E-state index contributed by atoms with van der Waals surface area (Å²) in [5.74, 6) is -1.71. The van der Waals surface area contributed by atoms with E-state index in [1.807, 2.05) is 4.40 Å². The number of benzene rings is 1. The summed E-state index contributed by atoms with van der Waals surface area (Å²) in [6.45, 7) is 0.